The molecule has 0 atom stereocenters. The quantitative estimate of drug-likeness (QED) is 0.839. The van der Waals surface area contributed by atoms with Gasteiger partial charge in [0.2, 0.25) is 5.91 Å². The molecule has 0 spiro atoms. The average molecular weight is 327 g/mol. The smallest absolute Gasteiger partial charge is 0.339 e. The second-order valence-corrected chi connectivity index (χ2v) is 6.30. The van der Waals surface area contributed by atoms with Gasteiger partial charge in [0.1, 0.15) is 5.82 Å². The molecule has 1 amide bonds. The summed E-state index contributed by atoms with van der Waals surface area (Å²) in [5.74, 6) is -0.0476. The van der Waals surface area contributed by atoms with Crippen molar-refractivity contribution < 1.29 is 14.3 Å². The minimum absolute atomic E-state index is 0.105. The Morgan fingerprint density at radius 1 is 1.08 bits per heavy atom. The highest BCUT2D eigenvalue weighted by atomic mass is 16.5. The zero-order valence-electron chi connectivity index (χ0n) is 14.2. The monoisotopic (exact) mass is 327 g/mol. The fourth-order valence-corrected chi connectivity index (χ4v) is 1.88. The number of nitrogens with one attached hydrogen (secondary N) is 2. The summed E-state index contributed by atoms with van der Waals surface area (Å²) in [5, 5.41) is 5.88. The third-order valence-electron chi connectivity index (χ3n) is 3.30. The maximum atomic E-state index is 11.9. The number of amides is 1. The first-order chi connectivity index (χ1) is 11.3. The number of anilines is 3. The van der Waals surface area contributed by atoms with E-state index in [2.05, 4.69) is 15.6 Å². The van der Waals surface area contributed by atoms with Crippen LogP contribution < -0.4 is 10.6 Å². The highest BCUT2D eigenvalue weighted by Crippen LogP contribution is 2.22. The molecule has 0 unspecified atom stereocenters. The summed E-state index contributed by atoms with van der Waals surface area (Å²) in [7, 11) is 1.34. The van der Waals surface area contributed by atoms with Crippen LogP contribution in [0.5, 0.6) is 0 Å². The highest BCUT2D eigenvalue weighted by molar-refractivity contribution is 5.96. The summed E-state index contributed by atoms with van der Waals surface area (Å²) in [4.78, 5) is 27.9. The fourth-order valence-electron chi connectivity index (χ4n) is 1.88. The number of para-hydroxylation sites is 1. The van der Waals surface area contributed by atoms with Gasteiger partial charge in [0.05, 0.1) is 30.2 Å². The molecular weight excluding hydrogens is 306 g/mol. The summed E-state index contributed by atoms with van der Waals surface area (Å²) in [5.41, 5.74) is 1.26. The average Bonchev–Trinajstić information content (AvgIpc) is 2.55. The highest BCUT2D eigenvalue weighted by Gasteiger charge is 2.21. The lowest BCUT2D eigenvalue weighted by Gasteiger charge is -2.17. The van der Waals surface area contributed by atoms with Crippen LogP contribution in [0.4, 0.5) is 17.2 Å². The van der Waals surface area contributed by atoms with E-state index in [4.69, 9.17) is 4.74 Å². The van der Waals surface area contributed by atoms with Crippen molar-refractivity contribution in [3.05, 3.63) is 48.2 Å². The number of methoxy groups -OCH3 is 1. The summed E-state index contributed by atoms with van der Waals surface area (Å²) in [6.45, 7) is 5.51. The van der Waals surface area contributed by atoms with Crippen molar-refractivity contribution in [1.29, 1.82) is 0 Å². The lowest BCUT2D eigenvalue weighted by molar-refractivity contribution is -0.123. The Balaban J connectivity index is 2.13. The van der Waals surface area contributed by atoms with Gasteiger partial charge in [-0.1, -0.05) is 32.9 Å². The van der Waals surface area contributed by atoms with Crippen LogP contribution in [0.25, 0.3) is 0 Å². The summed E-state index contributed by atoms with van der Waals surface area (Å²) in [6.07, 6.45) is 1.59. The molecule has 2 rings (SSSR count). The molecule has 24 heavy (non-hydrogen) atoms. The van der Waals surface area contributed by atoms with Gasteiger partial charge in [-0.25, -0.2) is 9.78 Å². The van der Waals surface area contributed by atoms with Gasteiger partial charge in [-0.2, -0.15) is 0 Å². The maximum Gasteiger partial charge on any atom is 0.339 e. The van der Waals surface area contributed by atoms with Crippen LogP contribution in [-0.2, 0) is 9.53 Å². The van der Waals surface area contributed by atoms with Crippen molar-refractivity contribution in [2.45, 2.75) is 20.8 Å². The third kappa shape index (κ3) is 4.32. The van der Waals surface area contributed by atoms with Crippen LogP contribution in [0.3, 0.4) is 0 Å². The van der Waals surface area contributed by atoms with Gasteiger partial charge in [0.15, 0.2) is 0 Å². The van der Waals surface area contributed by atoms with E-state index in [1.165, 1.54) is 7.11 Å². The normalized spacial score (nSPS) is 10.8. The number of hydrogen-bond donors (Lipinski definition) is 2. The fraction of sp³-hybridized carbons (Fsp3) is 0.278. The molecule has 126 valence electrons. The van der Waals surface area contributed by atoms with Crippen molar-refractivity contribution in [1.82, 2.24) is 4.98 Å². The van der Waals surface area contributed by atoms with Crippen LogP contribution in [0.1, 0.15) is 31.1 Å². The van der Waals surface area contributed by atoms with Crippen molar-refractivity contribution in [2.75, 3.05) is 17.7 Å². The Hall–Kier alpha value is -2.89. The molecule has 0 bridgehead atoms. The minimum atomic E-state index is -0.488. The van der Waals surface area contributed by atoms with Gasteiger partial charge >= 0.3 is 5.97 Å². The largest absolute Gasteiger partial charge is 0.465 e. The third-order valence-corrected chi connectivity index (χ3v) is 3.30. The second kappa shape index (κ2) is 7.12. The Morgan fingerprint density at radius 3 is 2.38 bits per heavy atom. The van der Waals surface area contributed by atoms with Gasteiger partial charge in [-0.3, -0.25) is 4.79 Å². The summed E-state index contributed by atoms with van der Waals surface area (Å²) in [6, 6.07) is 10.5. The number of rotatable bonds is 4. The number of aromatic nitrogens is 1. The number of pyridine rings is 1. The first kappa shape index (κ1) is 17.5. The van der Waals surface area contributed by atoms with E-state index < -0.39 is 11.4 Å². The van der Waals surface area contributed by atoms with E-state index in [0.29, 0.717) is 22.8 Å². The van der Waals surface area contributed by atoms with Crippen LogP contribution >= 0.6 is 0 Å². The van der Waals surface area contributed by atoms with Gasteiger partial charge in [0, 0.05) is 5.41 Å². The molecule has 0 aliphatic rings. The maximum absolute atomic E-state index is 11.9. The number of carbonyl (C=O) groups excluding carboxylic acids is 2. The van der Waals surface area contributed by atoms with Crippen LogP contribution in [0, 0.1) is 5.41 Å². The predicted octanol–water partition coefficient (Wildman–Crippen LogP) is 3.60. The SMILES string of the molecule is COC(=O)c1ccccc1Nc1ccc(NC(=O)C(C)(C)C)nc1. The molecule has 6 heteroatoms. The first-order valence-electron chi connectivity index (χ1n) is 7.53. The summed E-state index contributed by atoms with van der Waals surface area (Å²) < 4.78 is 4.77. The van der Waals surface area contributed by atoms with Crippen molar-refractivity contribution >= 4 is 29.1 Å². The van der Waals surface area contributed by atoms with E-state index in [1.807, 2.05) is 26.8 Å². The van der Waals surface area contributed by atoms with E-state index in [9.17, 15) is 9.59 Å². The zero-order chi connectivity index (χ0) is 17.7. The van der Waals surface area contributed by atoms with E-state index in [0.717, 1.165) is 0 Å². The van der Waals surface area contributed by atoms with E-state index in [1.54, 1.807) is 36.5 Å². The Labute approximate surface area is 141 Å². The molecule has 0 aliphatic carbocycles. The Bertz CT molecular complexity index is 734. The molecule has 0 fully saturated rings. The number of hydrogen-bond acceptors (Lipinski definition) is 5. The van der Waals surface area contributed by atoms with E-state index >= 15 is 0 Å². The second-order valence-electron chi connectivity index (χ2n) is 6.30. The number of carbonyl (C=O) groups is 2. The zero-order valence-corrected chi connectivity index (χ0v) is 14.2. The summed E-state index contributed by atoms with van der Waals surface area (Å²) >= 11 is 0. The molecule has 0 saturated carbocycles. The van der Waals surface area contributed by atoms with Crippen LogP contribution in [0.15, 0.2) is 42.6 Å². The molecule has 1 aromatic heterocycles. The number of nitrogens with zero attached hydrogens (tertiary/aromatic N) is 1. The molecular formula is C18H21N3O3. The minimum Gasteiger partial charge on any atom is -0.465 e. The van der Waals surface area contributed by atoms with Gasteiger partial charge < -0.3 is 15.4 Å². The topological polar surface area (TPSA) is 80.3 Å². The molecule has 2 N–H and O–H groups in total. The van der Waals surface area contributed by atoms with Crippen molar-refractivity contribution in [3.8, 4) is 0 Å². The predicted molar refractivity (Wildman–Crippen MR) is 93.4 cm³/mol. The van der Waals surface area contributed by atoms with Gasteiger partial charge in [0.25, 0.3) is 0 Å². The molecule has 0 aliphatic heterocycles. The number of benzene rings is 1. The molecule has 6 nitrogen and oxygen atoms in total. The lowest BCUT2D eigenvalue weighted by atomic mass is 9.96. The standard InChI is InChI=1S/C18H21N3O3/c1-18(2,3)17(23)21-15-10-9-12(11-19-15)20-14-8-6-5-7-13(14)16(22)24-4/h5-11,20H,1-4H3,(H,19,21,23). The molecule has 0 saturated heterocycles. The first-order valence-corrected chi connectivity index (χ1v) is 7.53. The van der Waals surface area contributed by atoms with Gasteiger partial charge in [-0.15, -0.1) is 0 Å². The van der Waals surface area contributed by atoms with E-state index in [-0.39, 0.29) is 5.91 Å². The number of ether oxygens (including phenoxy) is 1. The molecule has 0 radical (unpaired) electrons. The molecule has 1 aromatic carbocycles. The Kier molecular flexibility index (Phi) is 5.18. The van der Waals surface area contributed by atoms with Crippen LogP contribution in [0.2, 0.25) is 0 Å². The van der Waals surface area contributed by atoms with Crippen LogP contribution in [-0.4, -0.2) is 24.0 Å². The van der Waals surface area contributed by atoms with Crippen molar-refractivity contribution in [3.63, 3.8) is 0 Å². The van der Waals surface area contributed by atoms with Crippen molar-refractivity contribution in [2.24, 2.45) is 5.41 Å². The molecule has 2 aromatic rings. The molecule has 1 heterocycles. The Morgan fingerprint density at radius 2 is 1.79 bits per heavy atom. The van der Waals surface area contributed by atoms with Gasteiger partial charge in [-0.05, 0) is 24.3 Å². The lowest BCUT2D eigenvalue weighted by Crippen LogP contribution is -2.27. The number of esters is 1.